The maximum Gasteiger partial charge on any atom is 0.338 e. The van der Waals surface area contributed by atoms with E-state index < -0.39 is 5.97 Å². The lowest BCUT2D eigenvalue weighted by Crippen LogP contribution is -2.05. The van der Waals surface area contributed by atoms with E-state index in [4.69, 9.17) is 18.7 Å². The Hall–Kier alpha value is -2.50. The smallest absolute Gasteiger partial charge is 0.338 e. The molecule has 6 nitrogen and oxygen atoms in total. The van der Waals surface area contributed by atoms with E-state index in [2.05, 4.69) is 5.16 Å². The number of hydrogen-bond donors (Lipinski definition) is 0. The third-order valence-corrected chi connectivity index (χ3v) is 3.01. The van der Waals surface area contributed by atoms with Crippen molar-refractivity contribution >= 4 is 5.97 Å². The highest BCUT2D eigenvalue weighted by atomic mass is 16.6. The van der Waals surface area contributed by atoms with Gasteiger partial charge in [-0.05, 0) is 25.1 Å². The largest absolute Gasteiger partial charge is 0.490 e. The van der Waals surface area contributed by atoms with Gasteiger partial charge in [0.05, 0.1) is 24.5 Å². The molecule has 21 heavy (non-hydrogen) atoms. The molecule has 0 amide bonds. The van der Waals surface area contributed by atoms with Crippen molar-refractivity contribution in [3.8, 4) is 11.5 Å². The Bertz CT molecular complexity index is 649. The molecule has 3 rings (SSSR count). The second-order valence-electron chi connectivity index (χ2n) is 4.72. The van der Waals surface area contributed by atoms with Gasteiger partial charge in [-0.2, -0.15) is 0 Å². The summed E-state index contributed by atoms with van der Waals surface area (Å²) in [5, 5.41) is 3.73. The molecular weight excluding hydrogens is 274 g/mol. The van der Waals surface area contributed by atoms with Crippen LogP contribution in [0.5, 0.6) is 11.5 Å². The summed E-state index contributed by atoms with van der Waals surface area (Å²) in [6.07, 6.45) is 0.819. The number of ether oxygens (including phenoxy) is 3. The normalized spacial score (nSPS) is 13.6. The molecule has 0 fully saturated rings. The van der Waals surface area contributed by atoms with E-state index in [0.29, 0.717) is 36.0 Å². The molecule has 0 spiro atoms. The lowest BCUT2D eigenvalue weighted by molar-refractivity contribution is 0.0437. The lowest BCUT2D eigenvalue weighted by atomic mass is 10.2. The number of nitrogens with zero attached hydrogens (tertiary/aromatic N) is 1. The van der Waals surface area contributed by atoms with Crippen molar-refractivity contribution in [3.63, 3.8) is 0 Å². The maximum atomic E-state index is 12.0. The monoisotopic (exact) mass is 289 g/mol. The summed E-state index contributed by atoms with van der Waals surface area (Å²) in [5.41, 5.74) is 1.16. The Labute approximate surface area is 121 Å². The molecule has 1 aliphatic heterocycles. The average Bonchev–Trinajstić information content (AvgIpc) is 2.77. The van der Waals surface area contributed by atoms with E-state index in [1.165, 1.54) is 0 Å². The molecule has 1 aromatic carbocycles. The van der Waals surface area contributed by atoms with E-state index in [9.17, 15) is 4.79 Å². The number of hydrogen-bond acceptors (Lipinski definition) is 6. The predicted molar refractivity (Wildman–Crippen MR) is 72.4 cm³/mol. The number of aromatic nitrogens is 1. The van der Waals surface area contributed by atoms with Crippen LogP contribution in [-0.4, -0.2) is 24.3 Å². The number of rotatable bonds is 3. The van der Waals surface area contributed by atoms with Crippen LogP contribution in [0, 0.1) is 6.92 Å². The quantitative estimate of drug-likeness (QED) is 0.808. The molecule has 0 saturated heterocycles. The van der Waals surface area contributed by atoms with Crippen LogP contribution in [0.3, 0.4) is 0 Å². The summed E-state index contributed by atoms with van der Waals surface area (Å²) in [7, 11) is 0. The van der Waals surface area contributed by atoms with Gasteiger partial charge >= 0.3 is 5.97 Å². The summed E-state index contributed by atoms with van der Waals surface area (Å²) in [6.45, 7) is 3.04. The fraction of sp³-hybridized carbons (Fsp3) is 0.333. The van der Waals surface area contributed by atoms with Crippen LogP contribution in [0.25, 0.3) is 0 Å². The highest BCUT2D eigenvalue weighted by Crippen LogP contribution is 2.30. The fourth-order valence-electron chi connectivity index (χ4n) is 1.99. The van der Waals surface area contributed by atoms with Crippen LogP contribution in [0.15, 0.2) is 28.8 Å². The van der Waals surface area contributed by atoms with Gasteiger partial charge in [0.2, 0.25) is 0 Å². The summed E-state index contributed by atoms with van der Waals surface area (Å²) in [5.74, 6) is 1.28. The molecule has 0 bridgehead atoms. The highest BCUT2D eigenvalue weighted by molar-refractivity contribution is 5.90. The number of benzene rings is 1. The van der Waals surface area contributed by atoms with Gasteiger partial charge < -0.3 is 18.7 Å². The van der Waals surface area contributed by atoms with Crippen LogP contribution in [0.4, 0.5) is 0 Å². The van der Waals surface area contributed by atoms with Crippen LogP contribution in [0.1, 0.15) is 28.2 Å². The van der Waals surface area contributed by atoms with Crippen LogP contribution in [0.2, 0.25) is 0 Å². The van der Waals surface area contributed by atoms with E-state index in [-0.39, 0.29) is 6.61 Å². The van der Waals surface area contributed by atoms with Crippen molar-refractivity contribution in [2.24, 2.45) is 0 Å². The Balaban J connectivity index is 1.68. The molecule has 2 aromatic rings. The zero-order chi connectivity index (χ0) is 14.7. The van der Waals surface area contributed by atoms with Gasteiger partial charge in [0.15, 0.2) is 23.9 Å². The van der Waals surface area contributed by atoms with Gasteiger partial charge in [-0.1, -0.05) is 5.16 Å². The highest BCUT2D eigenvalue weighted by Gasteiger charge is 2.15. The fourth-order valence-corrected chi connectivity index (χ4v) is 1.99. The lowest BCUT2D eigenvalue weighted by Gasteiger charge is -2.08. The summed E-state index contributed by atoms with van der Waals surface area (Å²) in [4.78, 5) is 12.0. The number of carbonyl (C=O) groups excluding carboxylic acids is 1. The van der Waals surface area contributed by atoms with Crippen molar-refractivity contribution in [2.75, 3.05) is 13.2 Å². The van der Waals surface area contributed by atoms with Crippen LogP contribution >= 0.6 is 0 Å². The number of fused-ring (bicyclic) bond motifs is 1. The molecule has 1 aliphatic rings. The molecular formula is C15H15NO5. The van der Waals surface area contributed by atoms with Gasteiger partial charge in [-0.25, -0.2) is 4.79 Å². The van der Waals surface area contributed by atoms with Crippen molar-refractivity contribution in [3.05, 3.63) is 41.3 Å². The minimum Gasteiger partial charge on any atom is -0.490 e. The molecule has 0 aliphatic carbocycles. The molecule has 0 unspecified atom stereocenters. The third kappa shape index (κ3) is 3.16. The maximum absolute atomic E-state index is 12.0. The molecule has 110 valence electrons. The topological polar surface area (TPSA) is 70.8 Å². The molecule has 6 heteroatoms. The molecule has 0 saturated carbocycles. The first-order valence-electron chi connectivity index (χ1n) is 6.71. The minimum absolute atomic E-state index is 0.0497. The molecule has 0 atom stereocenters. The van der Waals surface area contributed by atoms with Gasteiger partial charge in [-0.15, -0.1) is 0 Å². The second kappa shape index (κ2) is 5.87. The van der Waals surface area contributed by atoms with Crippen molar-refractivity contribution in [2.45, 2.75) is 20.0 Å². The van der Waals surface area contributed by atoms with E-state index >= 15 is 0 Å². The second-order valence-corrected chi connectivity index (χ2v) is 4.72. The third-order valence-electron chi connectivity index (χ3n) is 3.01. The summed E-state index contributed by atoms with van der Waals surface area (Å²) < 4.78 is 21.2. The Morgan fingerprint density at radius 3 is 2.81 bits per heavy atom. The standard InChI is InChI=1S/C15H15NO5/c1-10-7-12(21-16-10)9-20-15(17)11-3-4-13-14(8-11)19-6-2-5-18-13/h3-4,7-8H,2,5-6,9H2,1H3. The Morgan fingerprint density at radius 2 is 2.05 bits per heavy atom. The Morgan fingerprint density at radius 1 is 1.24 bits per heavy atom. The van der Waals surface area contributed by atoms with Crippen molar-refractivity contribution < 1.29 is 23.5 Å². The van der Waals surface area contributed by atoms with E-state index in [1.807, 2.05) is 0 Å². The van der Waals surface area contributed by atoms with Gasteiger partial charge in [0, 0.05) is 12.5 Å². The van der Waals surface area contributed by atoms with E-state index in [0.717, 1.165) is 12.1 Å². The van der Waals surface area contributed by atoms with Gasteiger partial charge in [0.25, 0.3) is 0 Å². The predicted octanol–water partition coefficient (Wildman–Crippen LogP) is 2.50. The van der Waals surface area contributed by atoms with Crippen molar-refractivity contribution in [1.29, 1.82) is 0 Å². The first-order chi connectivity index (χ1) is 10.2. The Kier molecular flexibility index (Phi) is 3.77. The van der Waals surface area contributed by atoms with Crippen LogP contribution in [-0.2, 0) is 11.3 Å². The molecule has 2 heterocycles. The number of carbonyl (C=O) groups is 1. The van der Waals surface area contributed by atoms with Crippen molar-refractivity contribution in [1.82, 2.24) is 5.16 Å². The molecule has 0 N–H and O–H groups in total. The summed E-state index contributed by atoms with van der Waals surface area (Å²) >= 11 is 0. The van der Waals surface area contributed by atoms with E-state index in [1.54, 1.807) is 31.2 Å². The molecule has 1 aromatic heterocycles. The van der Waals surface area contributed by atoms with Crippen LogP contribution < -0.4 is 9.47 Å². The SMILES string of the molecule is Cc1cc(COC(=O)c2ccc3c(c2)OCCCO3)on1. The van der Waals surface area contributed by atoms with Gasteiger partial charge in [0.1, 0.15) is 0 Å². The summed E-state index contributed by atoms with van der Waals surface area (Å²) in [6, 6.07) is 6.73. The minimum atomic E-state index is -0.445. The first-order valence-corrected chi connectivity index (χ1v) is 6.71. The zero-order valence-electron chi connectivity index (χ0n) is 11.6. The number of aryl methyl sites for hydroxylation is 1. The first kappa shape index (κ1) is 13.5. The average molecular weight is 289 g/mol. The zero-order valence-corrected chi connectivity index (χ0v) is 11.6. The van der Waals surface area contributed by atoms with Gasteiger partial charge in [-0.3, -0.25) is 0 Å². The molecule has 0 radical (unpaired) electrons. The number of esters is 1.